The second kappa shape index (κ2) is 9.82. The maximum atomic E-state index is 15.4. The van der Waals surface area contributed by atoms with Crippen molar-refractivity contribution >= 4 is 11.5 Å². The average molecular weight is 551 g/mol. The highest BCUT2D eigenvalue weighted by atomic mass is 19.1. The molecule has 2 bridgehead atoms. The second-order valence-electron chi connectivity index (χ2n) is 12.2. The summed E-state index contributed by atoms with van der Waals surface area (Å²) in [5.41, 5.74) is 8.90. The molecule has 3 N–H and O–H groups in total. The van der Waals surface area contributed by atoms with Gasteiger partial charge in [-0.25, -0.2) is 8.78 Å². The fraction of sp³-hybridized carbons (Fsp3) is 0.600. The minimum absolute atomic E-state index is 0.0488. The van der Waals surface area contributed by atoms with Crippen molar-refractivity contribution in [3.05, 3.63) is 39.8 Å². The fourth-order valence-corrected chi connectivity index (χ4v) is 7.70. The topological polar surface area (TPSA) is 88.8 Å². The highest BCUT2D eigenvalue weighted by Gasteiger charge is 2.49. The van der Waals surface area contributed by atoms with E-state index in [1.54, 1.807) is 6.07 Å². The first-order chi connectivity index (χ1) is 19.3. The van der Waals surface area contributed by atoms with Crippen LogP contribution >= 0.6 is 0 Å². The Morgan fingerprint density at radius 2 is 2.08 bits per heavy atom. The number of aromatic nitrogens is 2. The van der Waals surface area contributed by atoms with Gasteiger partial charge >= 0.3 is 6.01 Å². The van der Waals surface area contributed by atoms with Gasteiger partial charge in [-0.05, 0) is 50.8 Å². The molecule has 1 aromatic heterocycles. The van der Waals surface area contributed by atoms with E-state index in [0.29, 0.717) is 49.2 Å². The zero-order chi connectivity index (χ0) is 27.6. The molecule has 7 rings (SSSR count). The van der Waals surface area contributed by atoms with Crippen molar-refractivity contribution in [2.75, 3.05) is 43.4 Å². The Bertz CT molecular complexity index is 1370. The largest absolute Gasteiger partial charge is 0.461 e. The number of ether oxygens (including phenoxy) is 2. The van der Waals surface area contributed by atoms with Crippen molar-refractivity contribution in [2.45, 2.75) is 82.0 Å². The first-order valence-electron chi connectivity index (χ1n) is 14.4. The van der Waals surface area contributed by atoms with Gasteiger partial charge in [-0.2, -0.15) is 9.97 Å². The van der Waals surface area contributed by atoms with Crippen LogP contribution in [0.15, 0.2) is 6.07 Å². The molecule has 5 atom stereocenters. The summed E-state index contributed by atoms with van der Waals surface area (Å²) in [5.74, 6) is 2.91. The van der Waals surface area contributed by atoms with Gasteiger partial charge in [0.15, 0.2) is 5.82 Å². The number of nitrogens with one attached hydrogen (secondary N) is 1. The van der Waals surface area contributed by atoms with Crippen LogP contribution < -0.4 is 20.7 Å². The third kappa shape index (κ3) is 4.30. The molecule has 212 valence electrons. The summed E-state index contributed by atoms with van der Waals surface area (Å²) in [7, 11) is 0. The molecule has 1 aromatic carbocycles. The maximum Gasteiger partial charge on any atom is 0.318 e. The Morgan fingerprint density at radius 3 is 2.85 bits per heavy atom. The van der Waals surface area contributed by atoms with Gasteiger partial charge in [0.25, 0.3) is 0 Å². The number of halogens is 2. The second-order valence-corrected chi connectivity index (χ2v) is 12.2. The number of hydrogen-bond acceptors (Lipinski definition) is 8. The summed E-state index contributed by atoms with van der Waals surface area (Å²) < 4.78 is 42.3. The number of aryl methyl sites for hydroxylation is 1. The lowest BCUT2D eigenvalue weighted by Crippen LogP contribution is -2.52. The summed E-state index contributed by atoms with van der Waals surface area (Å²) >= 11 is 0. The van der Waals surface area contributed by atoms with Gasteiger partial charge in [-0.15, -0.1) is 6.42 Å². The minimum Gasteiger partial charge on any atom is -0.461 e. The molecule has 0 amide bonds. The van der Waals surface area contributed by atoms with E-state index in [1.165, 1.54) is 0 Å². The Morgan fingerprint density at radius 1 is 1.27 bits per heavy atom. The van der Waals surface area contributed by atoms with E-state index in [9.17, 15) is 4.39 Å². The number of hydrogen-bond donors (Lipinski definition) is 2. The fourth-order valence-electron chi connectivity index (χ4n) is 7.70. The number of rotatable bonds is 5. The quantitative estimate of drug-likeness (QED) is 0.434. The van der Waals surface area contributed by atoms with Gasteiger partial charge in [-0.1, -0.05) is 5.92 Å². The van der Waals surface area contributed by atoms with Crippen LogP contribution in [0.5, 0.6) is 6.01 Å². The van der Waals surface area contributed by atoms with Crippen molar-refractivity contribution < 1.29 is 18.3 Å². The van der Waals surface area contributed by atoms with E-state index in [-0.39, 0.29) is 23.8 Å². The zero-order valence-corrected chi connectivity index (χ0v) is 22.9. The van der Waals surface area contributed by atoms with E-state index in [0.717, 1.165) is 68.0 Å². The molecule has 5 aliphatic heterocycles. The van der Waals surface area contributed by atoms with Gasteiger partial charge in [0, 0.05) is 61.2 Å². The number of piperazine rings is 1. The van der Waals surface area contributed by atoms with Crippen LogP contribution in [0.2, 0.25) is 0 Å². The van der Waals surface area contributed by atoms with Crippen LogP contribution in [-0.4, -0.2) is 71.4 Å². The van der Waals surface area contributed by atoms with E-state index in [2.05, 4.69) is 21.0 Å². The molecule has 10 heteroatoms. The van der Waals surface area contributed by atoms with Crippen LogP contribution in [0.1, 0.15) is 66.2 Å². The van der Waals surface area contributed by atoms with E-state index < -0.39 is 18.1 Å². The van der Waals surface area contributed by atoms with Gasteiger partial charge in [0.1, 0.15) is 18.6 Å². The molecule has 0 spiro atoms. The van der Waals surface area contributed by atoms with Crippen LogP contribution in [0.4, 0.5) is 20.3 Å². The molecule has 4 saturated heterocycles. The normalized spacial score (nSPS) is 31.2. The molecule has 8 nitrogen and oxygen atoms in total. The van der Waals surface area contributed by atoms with Crippen molar-refractivity contribution in [2.24, 2.45) is 0 Å². The molecule has 2 unspecified atom stereocenters. The van der Waals surface area contributed by atoms with Crippen LogP contribution in [0.25, 0.3) is 0 Å². The smallest absolute Gasteiger partial charge is 0.318 e. The Balaban J connectivity index is 1.24. The third-order valence-corrected chi connectivity index (χ3v) is 9.60. The number of terminal acetylenes is 1. The number of nitrogens with zero attached hydrogens (tertiary/aromatic N) is 4. The number of nitrogens with two attached hydrogens (primary N) is 1. The minimum atomic E-state index is -0.833. The van der Waals surface area contributed by atoms with Crippen LogP contribution in [0.3, 0.4) is 0 Å². The van der Waals surface area contributed by atoms with Gasteiger partial charge in [0.05, 0.1) is 29.6 Å². The summed E-state index contributed by atoms with van der Waals surface area (Å²) in [6, 6.07) is 2.68. The van der Waals surface area contributed by atoms with Crippen LogP contribution in [-0.2, 0) is 17.8 Å². The SMILES string of the molecule is C#Cc1c(C)cc(N)c(F)c1[C@H]1Cc2nc(OC[C@@]34CCCN3C[C@H](F)C4)nc(N3CC4CCC(C3)N4)c2CO1. The van der Waals surface area contributed by atoms with Gasteiger partial charge in [-0.3, -0.25) is 4.90 Å². The molecule has 0 radical (unpaired) electrons. The van der Waals surface area contributed by atoms with E-state index >= 15 is 4.39 Å². The average Bonchev–Trinajstić information content (AvgIpc) is 3.58. The number of fused-ring (bicyclic) bond motifs is 4. The first-order valence-corrected chi connectivity index (χ1v) is 14.4. The summed E-state index contributed by atoms with van der Waals surface area (Å²) in [5, 5.41) is 3.67. The summed E-state index contributed by atoms with van der Waals surface area (Å²) in [4.78, 5) is 14.3. The Kier molecular flexibility index (Phi) is 6.37. The lowest BCUT2D eigenvalue weighted by Gasteiger charge is -2.37. The molecule has 0 saturated carbocycles. The molecule has 6 heterocycles. The van der Waals surface area contributed by atoms with Crippen molar-refractivity contribution in [1.82, 2.24) is 20.2 Å². The first kappa shape index (κ1) is 25.9. The number of nitrogen functional groups attached to an aromatic ring is 1. The standard InChI is InChI=1S/C30H36F2N6O2/c1-3-21-17(2)9-23(33)27(32)26(21)25-10-24-22(15-39-25)28(37-13-19-5-6-20(14-37)34-19)36-29(35-24)40-16-30-7-4-8-38(30)12-18(31)11-30/h1,9,18-20,25,34H,4-8,10-16,33H2,2H3/t18-,19?,20?,25-,30+/m1/s1. The number of anilines is 2. The lowest BCUT2D eigenvalue weighted by atomic mass is 9.92. The number of alkyl halides is 1. The third-order valence-electron chi connectivity index (χ3n) is 9.60. The molecule has 4 fully saturated rings. The van der Waals surface area contributed by atoms with Crippen molar-refractivity contribution in [3.8, 4) is 18.4 Å². The van der Waals surface area contributed by atoms with Gasteiger partial charge < -0.3 is 25.4 Å². The van der Waals surface area contributed by atoms with Gasteiger partial charge in [0.2, 0.25) is 0 Å². The Hall–Kier alpha value is -3.00. The molecule has 2 aromatic rings. The predicted molar refractivity (Wildman–Crippen MR) is 147 cm³/mol. The number of benzene rings is 1. The molecule has 5 aliphatic rings. The maximum absolute atomic E-state index is 15.4. The van der Waals surface area contributed by atoms with Crippen molar-refractivity contribution in [1.29, 1.82) is 0 Å². The van der Waals surface area contributed by atoms with Crippen LogP contribution in [0, 0.1) is 25.1 Å². The highest BCUT2D eigenvalue weighted by molar-refractivity contribution is 5.58. The van der Waals surface area contributed by atoms with E-state index in [1.807, 2.05) is 6.92 Å². The zero-order valence-electron chi connectivity index (χ0n) is 22.9. The monoisotopic (exact) mass is 550 g/mol. The molecular weight excluding hydrogens is 514 g/mol. The summed E-state index contributed by atoms with van der Waals surface area (Å²) in [6.07, 6.45) is 9.35. The Labute approximate surface area is 233 Å². The van der Waals surface area contributed by atoms with Crippen molar-refractivity contribution in [3.63, 3.8) is 0 Å². The summed E-state index contributed by atoms with van der Waals surface area (Å²) in [6.45, 7) is 5.45. The molecule has 0 aliphatic carbocycles. The highest BCUT2D eigenvalue weighted by Crippen LogP contribution is 2.42. The lowest BCUT2D eigenvalue weighted by molar-refractivity contribution is 0.0231. The molecule has 40 heavy (non-hydrogen) atoms. The van der Waals surface area contributed by atoms with E-state index in [4.69, 9.17) is 31.6 Å². The molecular formula is C30H36F2N6O2. The predicted octanol–water partition coefficient (Wildman–Crippen LogP) is 3.20.